The molecule has 5 nitrogen and oxygen atoms in total. The number of nitrogens with two attached hydrogens (primary N) is 1. The Morgan fingerprint density at radius 3 is 2.75 bits per heavy atom. The van der Waals surface area contributed by atoms with Crippen molar-refractivity contribution >= 4 is 33.6 Å². The lowest BCUT2D eigenvalue weighted by Gasteiger charge is -1.91. The minimum Gasteiger partial charge on any atom is -0.382 e. The quantitative estimate of drug-likeness (QED) is 0.576. The van der Waals surface area contributed by atoms with Gasteiger partial charge in [-0.15, -0.1) is 22.7 Å². The van der Waals surface area contributed by atoms with E-state index in [1.807, 2.05) is 19.4 Å². The zero-order chi connectivity index (χ0) is 11.7. The predicted octanol–water partition coefficient (Wildman–Crippen LogP) is 1.90. The molecule has 84 valence electrons. The summed E-state index contributed by atoms with van der Waals surface area (Å²) in [4.78, 5) is 9.61. The van der Waals surface area contributed by atoms with Crippen molar-refractivity contribution in [3.8, 4) is 10.6 Å². The topological polar surface area (TPSA) is 87.7 Å². The Hall–Kier alpha value is -1.47. The normalized spacial score (nSPS) is 10.4. The van der Waals surface area contributed by atoms with Gasteiger partial charge in [-0.3, -0.25) is 5.41 Å². The second-order valence-corrected chi connectivity index (χ2v) is 4.99. The fourth-order valence-electron chi connectivity index (χ4n) is 1.24. The van der Waals surface area contributed by atoms with Gasteiger partial charge in [0.2, 0.25) is 0 Å². The minimum absolute atomic E-state index is 0.00317. The molecule has 0 atom stereocenters. The highest BCUT2D eigenvalue weighted by Crippen LogP contribution is 2.31. The fraction of sp³-hybridized carbons (Fsp3) is 0.222. The molecular formula is C9H11N5S2. The molecule has 2 aromatic rings. The van der Waals surface area contributed by atoms with Crippen LogP contribution in [-0.2, 0) is 0 Å². The Morgan fingerprint density at radius 2 is 2.25 bits per heavy atom. The molecule has 0 spiro atoms. The molecule has 0 bridgehead atoms. The van der Waals surface area contributed by atoms with Crippen LogP contribution in [0.15, 0.2) is 5.38 Å². The van der Waals surface area contributed by atoms with Crippen LogP contribution in [0.25, 0.3) is 10.6 Å². The lowest BCUT2D eigenvalue weighted by Crippen LogP contribution is -2.10. The highest BCUT2D eigenvalue weighted by molar-refractivity contribution is 7.18. The highest BCUT2D eigenvalue weighted by Gasteiger charge is 2.13. The molecule has 2 heterocycles. The number of rotatable bonds is 3. The van der Waals surface area contributed by atoms with Crippen molar-refractivity contribution in [3.63, 3.8) is 0 Å². The molecule has 0 aliphatic carbocycles. The molecule has 0 aromatic carbocycles. The number of nitrogens with one attached hydrogen (secondary N) is 2. The molecule has 0 unspecified atom stereocenters. The second-order valence-electron chi connectivity index (χ2n) is 3.14. The van der Waals surface area contributed by atoms with E-state index in [0.717, 1.165) is 21.4 Å². The van der Waals surface area contributed by atoms with Gasteiger partial charge in [-0.25, -0.2) is 9.97 Å². The maximum atomic E-state index is 7.34. The van der Waals surface area contributed by atoms with Crippen LogP contribution in [0.3, 0.4) is 0 Å². The predicted molar refractivity (Wildman–Crippen MR) is 68.5 cm³/mol. The summed E-state index contributed by atoms with van der Waals surface area (Å²) in [6, 6.07) is 0. The standard InChI is InChI=1S/C9H11N5S2/c1-4-6(16-8(13-4)7(10)11)5-3-15-9(12-2)14-5/h3H,1-2H3,(H3,10,11)(H,12,14). The Bertz CT molecular complexity index is 528. The van der Waals surface area contributed by atoms with E-state index in [0.29, 0.717) is 5.01 Å². The lowest BCUT2D eigenvalue weighted by molar-refractivity contribution is 1.23. The third-order valence-electron chi connectivity index (χ3n) is 1.98. The van der Waals surface area contributed by atoms with E-state index < -0.39 is 0 Å². The van der Waals surface area contributed by atoms with Crippen molar-refractivity contribution < 1.29 is 0 Å². The molecule has 2 aromatic heterocycles. The number of aromatic nitrogens is 2. The Morgan fingerprint density at radius 1 is 1.50 bits per heavy atom. The maximum absolute atomic E-state index is 7.34. The molecule has 4 N–H and O–H groups in total. The number of hydrogen-bond acceptors (Lipinski definition) is 6. The van der Waals surface area contributed by atoms with Gasteiger partial charge in [0.25, 0.3) is 0 Å². The molecule has 16 heavy (non-hydrogen) atoms. The molecule has 7 heteroatoms. The van der Waals surface area contributed by atoms with E-state index in [1.54, 1.807) is 11.3 Å². The maximum Gasteiger partial charge on any atom is 0.182 e. The van der Waals surface area contributed by atoms with E-state index in [-0.39, 0.29) is 5.84 Å². The van der Waals surface area contributed by atoms with Crippen LogP contribution >= 0.6 is 22.7 Å². The van der Waals surface area contributed by atoms with Gasteiger partial charge in [-0.05, 0) is 6.92 Å². The highest BCUT2D eigenvalue weighted by atomic mass is 32.1. The van der Waals surface area contributed by atoms with Crippen molar-refractivity contribution in [2.45, 2.75) is 6.92 Å². The minimum atomic E-state index is 0.00317. The number of hydrogen-bond donors (Lipinski definition) is 3. The number of amidine groups is 1. The van der Waals surface area contributed by atoms with E-state index in [9.17, 15) is 0 Å². The van der Waals surface area contributed by atoms with Crippen molar-refractivity contribution in [1.29, 1.82) is 5.41 Å². The number of aryl methyl sites for hydroxylation is 1. The third kappa shape index (κ3) is 1.91. The summed E-state index contributed by atoms with van der Waals surface area (Å²) in [7, 11) is 1.84. The van der Waals surface area contributed by atoms with Crippen LogP contribution in [0.2, 0.25) is 0 Å². The Balaban J connectivity index is 2.43. The lowest BCUT2D eigenvalue weighted by atomic mass is 10.3. The van der Waals surface area contributed by atoms with Crippen LogP contribution < -0.4 is 11.1 Å². The number of anilines is 1. The molecule has 0 radical (unpaired) electrons. The van der Waals surface area contributed by atoms with Gasteiger partial charge in [-0.2, -0.15) is 0 Å². The van der Waals surface area contributed by atoms with Gasteiger partial charge in [0.05, 0.1) is 16.3 Å². The first-order valence-electron chi connectivity index (χ1n) is 4.57. The molecule has 0 fully saturated rings. The Kier molecular flexibility index (Phi) is 2.88. The van der Waals surface area contributed by atoms with Crippen LogP contribution in [0.5, 0.6) is 0 Å². The van der Waals surface area contributed by atoms with Gasteiger partial charge >= 0.3 is 0 Å². The summed E-state index contributed by atoms with van der Waals surface area (Å²) in [5, 5.41) is 13.7. The van der Waals surface area contributed by atoms with E-state index in [2.05, 4.69) is 15.3 Å². The zero-order valence-corrected chi connectivity index (χ0v) is 10.5. The molecule has 0 amide bonds. The monoisotopic (exact) mass is 253 g/mol. The van der Waals surface area contributed by atoms with Gasteiger partial charge in [0, 0.05) is 12.4 Å². The fourth-order valence-corrected chi connectivity index (χ4v) is 2.87. The summed E-state index contributed by atoms with van der Waals surface area (Å²) in [6.07, 6.45) is 0. The number of nitrogen functional groups attached to an aromatic ring is 1. The largest absolute Gasteiger partial charge is 0.382 e. The molecule has 2 rings (SSSR count). The molecular weight excluding hydrogens is 242 g/mol. The molecule has 0 aliphatic heterocycles. The summed E-state index contributed by atoms with van der Waals surface area (Å²) >= 11 is 2.94. The Labute approximate surface area is 101 Å². The van der Waals surface area contributed by atoms with Crippen LogP contribution in [-0.4, -0.2) is 22.9 Å². The summed E-state index contributed by atoms with van der Waals surface area (Å²) < 4.78 is 0. The van der Waals surface area contributed by atoms with E-state index >= 15 is 0 Å². The van der Waals surface area contributed by atoms with E-state index in [1.165, 1.54) is 11.3 Å². The van der Waals surface area contributed by atoms with Crippen LogP contribution in [0, 0.1) is 12.3 Å². The van der Waals surface area contributed by atoms with E-state index in [4.69, 9.17) is 11.1 Å². The first-order valence-corrected chi connectivity index (χ1v) is 6.27. The summed E-state index contributed by atoms with van der Waals surface area (Å²) in [5.41, 5.74) is 7.16. The molecule has 0 saturated heterocycles. The number of nitrogens with zero attached hydrogens (tertiary/aromatic N) is 2. The molecule has 0 saturated carbocycles. The van der Waals surface area contributed by atoms with Crippen LogP contribution in [0.1, 0.15) is 10.7 Å². The van der Waals surface area contributed by atoms with Gasteiger partial charge in [-0.1, -0.05) is 0 Å². The zero-order valence-electron chi connectivity index (χ0n) is 8.87. The summed E-state index contributed by atoms with van der Waals surface area (Å²) in [6.45, 7) is 1.90. The summed E-state index contributed by atoms with van der Waals surface area (Å²) in [5.74, 6) is 0.00317. The van der Waals surface area contributed by atoms with Crippen molar-refractivity contribution in [1.82, 2.24) is 9.97 Å². The van der Waals surface area contributed by atoms with Crippen LogP contribution in [0.4, 0.5) is 5.13 Å². The average Bonchev–Trinajstić information content (AvgIpc) is 2.83. The van der Waals surface area contributed by atoms with Crippen molar-refractivity contribution in [3.05, 3.63) is 16.1 Å². The van der Waals surface area contributed by atoms with Gasteiger partial charge in [0.15, 0.2) is 16.0 Å². The first kappa shape index (κ1) is 11.0. The average molecular weight is 253 g/mol. The van der Waals surface area contributed by atoms with Gasteiger partial charge < -0.3 is 11.1 Å². The van der Waals surface area contributed by atoms with Crippen molar-refractivity contribution in [2.24, 2.45) is 5.73 Å². The third-order valence-corrected chi connectivity index (χ3v) is 4.05. The first-order chi connectivity index (χ1) is 7.61. The number of thiazole rings is 2. The molecule has 0 aliphatic rings. The smallest absolute Gasteiger partial charge is 0.182 e. The second kappa shape index (κ2) is 4.18. The van der Waals surface area contributed by atoms with Gasteiger partial charge in [0.1, 0.15) is 0 Å². The SMILES string of the molecule is CNc1nc(-c2sc(C(=N)N)nc2C)cs1. The van der Waals surface area contributed by atoms with Crippen molar-refractivity contribution in [2.75, 3.05) is 12.4 Å².